The lowest BCUT2D eigenvalue weighted by Gasteiger charge is -2.24. The van der Waals surface area contributed by atoms with Crippen molar-refractivity contribution in [3.8, 4) is 0 Å². The number of sulfonamides is 1. The molecule has 2 aromatic carbocycles. The number of benzene rings is 2. The summed E-state index contributed by atoms with van der Waals surface area (Å²) in [6.45, 7) is 4.50. The van der Waals surface area contributed by atoms with Crippen LogP contribution in [-0.2, 0) is 17.1 Å². The maximum absolute atomic E-state index is 13.1. The molecule has 1 N–H and O–H groups in total. The zero-order valence-corrected chi connectivity index (χ0v) is 18.7. The van der Waals surface area contributed by atoms with E-state index in [1.165, 1.54) is 0 Å². The average molecular weight is 439 g/mol. The van der Waals surface area contributed by atoms with Crippen LogP contribution in [0.4, 0.5) is 5.69 Å². The third kappa shape index (κ3) is 4.20. The van der Waals surface area contributed by atoms with Crippen LogP contribution in [0.5, 0.6) is 0 Å². The van der Waals surface area contributed by atoms with Gasteiger partial charge in [-0.3, -0.25) is 9.52 Å². The van der Waals surface area contributed by atoms with E-state index in [2.05, 4.69) is 9.71 Å². The molecule has 0 aliphatic carbocycles. The van der Waals surface area contributed by atoms with Crippen LogP contribution in [0.15, 0.2) is 59.8 Å². The standard InChI is InChI=1S/C23H26N4O3S/c1-16-6-11-20(15-17(16)2)31(29,30)25-19-9-7-18(8-10-19)23(28)27-13-4-5-21(27)22-24-12-14-26(22)3/h6-12,14-15,21,25H,4-5,13H2,1-3H3/t21-/m0/s1. The molecule has 1 aliphatic rings. The molecule has 1 amide bonds. The number of hydrogen-bond acceptors (Lipinski definition) is 4. The molecule has 1 atom stereocenters. The van der Waals surface area contributed by atoms with Gasteiger partial charge in [0.2, 0.25) is 0 Å². The quantitative estimate of drug-likeness (QED) is 0.656. The third-order valence-corrected chi connectivity index (χ3v) is 7.22. The summed E-state index contributed by atoms with van der Waals surface area (Å²) in [6, 6.07) is 11.6. The maximum Gasteiger partial charge on any atom is 0.261 e. The number of carbonyl (C=O) groups excluding carboxylic acids is 1. The first-order valence-electron chi connectivity index (χ1n) is 10.2. The zero-order chi connectivity index (χ0) is 22.2. The van der Waals surface area contributed by atoms with Crippen molar-refractivity contribution >= 4 is 21.6 Å². The first-order valence-corrected chi connectivity index (χ1v) is 11.7. The highest BCUT2D eigenvalue weighted by Gasteiger charge is 2.32. The second kappa shape index (κ2) is 8.19. The van der Waals surface area contributed by atoms with Gasteiger partial charge in [-0.2, -0.15) is 0 Å². The summed E-state index contributed by atoms with van der Waals surface area (Å²) >= 11 is 0. The van der Waals surface area contributed by atoms with E-state index < -0.39 is 10.0 Å². The number of likely N-dealkylation sites (tertiary alicyclic amines) is 1. The van der Waals surface area contributed by atoms with Gasteiger partial charge in [-0.1, -0.05) is 6.07 Å². The molecular weight excluding hydrogens is 412 g/mol. The maximum atomic E-state index is 13.1. The summed E-state index contributed by atoms with van der Waals surface area (Å²) < 4.78 is 29.9. The Kier molecular flexibility index (Phi) is 5.58. The molecule has 1 fully saturated rings. The van der Waals surface area contributed by atoms with E-state index in [0.29, 0.717) is 17.8 Å². The minimum atomic E-state index is -3.70. The molecule has 3 aromatic rings. The topological polar surface area (TPSA) is 84.3 Å². The number of nitrogens with zero attached hydrogens (tertiary/aromatic N) is 3. The molecule has 8 heteroatoms. The van der Waals surface area contributed by atoms with Gasteiger partial charge >= 0.3 is 0 Å². The van der Waals surface area contributed by atoms with Crippen LogP contribution in [0.1, 0.15) is 46.2 Å². The Morgan fingerprint density at radius 3 is 2.48 bits per heavy atom. The summed E-state index contributed by atoms with van der Waals surface area (Å²) in [4.78, 5) is 19.6. The van der Waals surface area contributed by atoms with Crippen LogP contribution in [-0.4, -0.2) is 35.3 Å². The van der Waals surface area contributed by atoms with Gasteiger partial charge in [0.25, 0.3) is 15.9 Å². The number of imidazole rings is 1. The van der Waals surface area contributed by atoms with E-state index in [9.17, 15) is 13.2 Å². The molecule has 2 heterocycles. The summed E-state index contributed by atoms with van der Waals surface area (Å²) in [6.07, 6.45) is 5.43. The van der Waals surface area contributed by atoms with Gasteiger partial charge in [0, 0.05) is 37.2 Å². The lowest BCUT2D eigenvalue weighted by Crippen LogP contribution is -2.31. The fourth-order valence-electron chi connectivity index (χ4n) is 3.92. The number of rotatable bonds is 5. The van der Waals surface area contributed by atoms with Gasteiger partial charge in [0.05, 0.1) is 10.9 Å². The first-order chi connectivity index (χ1) is 14.8. The highest BCUT2D eigenvalue weighted by molar-refractivity contribution is 7.92. The van der Waals surface area contributed by atoms with Gasteiger partial charge in [-0.05, 0) is 74.2 Å². The van der Waals surface area contributed by atoms with E-state index in [0.717, 1.165) is 29.8 Å². The highest BCUT2D eigenvalue weighted by atomic mass is 32.2. The predicted molar refractivity (Wildman–Crippen MR) is 119 cm³/mol. The molecule has 0 unspecified atom stereocenters. The first kappa shape index (κ1) is 21.1. The van der Waals surface area contributed by atoms with Crippen LogP contribution in [0, 0.1) is 13.8 Å². The van der Waals surface area contributed by atoms with Gasteiger partial charge in [-0.15, -0.1) is 0 Å². The van der Waals surface area contributed by atoms with Crippen molar-refractivity contribution in [1.29, 1.82) is 0 Å². The minimum Gasteiger partial charge on any atom is -0.336 e. The largest absolute Gasteiger partial charge is 0.336 e. The van der Waals surface area contributed by atoms with E-state index in [-0.39, 0.29) is 16.8 Å². The van der Waals surface area contributed by atoms with Crippen molar-refractivity contribution in [3.63, 3.8) is 0 Å². The van der Waals surface area contributed by atoms with Crippen molar-refractivity contribution in [1.82, 2.24) is 14.5 Å². The Hall–Kier alpha value is -3.13. The van der Waals surface area contributed by atoms with E-state index >= 15 is 0 Å². The van der Waals surface area contributed by atoms with E-state index in [4.69, 9.17) is 0 Å². The van der Waals surface area contributed by atoms with Crippen molar-refractivity contribution in [3.05, 3.63) is 77.4 Å². The number of nitrogens with one attached hydrogen (secondary N) is 1. The van der Waals surface area contributed by atoms with Gasteiger partial charge in [-0.25, -0.2) is 13.4 Å². The summed E-state index contributed by atoms with van der Waals surface area (Å²) in [5, 5.41) is 0. The van der Waals surface area contributed by atoms with Crippen LogP contribution >= 0.6 is 0 Å². The van der Waals surface area contributed by atoms with E-state index in [1.807, 2.05) is 36.6 Å². The molecule has 31 heavy (non-hydrogen) atoms. The Balaban J connectivity index is 1.50. The normalized spacial score (nSPS) is 16.5. The Labute approximate surface area is 182 Å². The van der Waals surface area contributed by atoms with Gasteiger partial charge < -0.3 is 9.47 Å². The second-order valence-corrected chi connectivity index (χ2v) is 9.66. The molecule has 7 nitrogen and oxygen atoms in total. The molecule has 0 spiro atoms. The van der Waals surface area contributed by atoms with Crippen molar-refractivity contribution < 1.29 is 13.2 Å². The SMILES string of the molecule is Cc1ccc(S(=O)(=O)Nc2ccc(C(=O)N3CCC[C@H]3c3nccn3C)cc2)cc1C. The third-order valence-electron chi connectivity index (χ3n) is 5.84. The Morgan fingerprint density at radius 2 is 1.84 bits per heavy atom. The number of anilines is 1. The molecule has 1 aliphatic heterocycles. The number of carbonyl (C=O) groups is 1. The molecule has 162 valence electrons. The molecule has 1 saturated heterocycles. The van der Waals surface area contributed by atoms with Crippen LogP contribution in [0.3, 0.4) is 0 Å². The van der Waals surface area contributed by atoms with Crippen molar-refractivity contribution in [2.45, 2.75) is 37.6 Å². The van der Waals surface area contributed by atoms with E-state index in [1.54, 1.807) is 48.7 Å². The minimum absolute atomic E-state index is 0.0459. The Bertz CT molecular complexity index is 1220. The smallest absolute Gasteiger partial charge is 0.261 e. The summed E-state index contributed by atoms with van der Waals surface area (Å²) in [5.41, 5.74) is 2.89. The van der Waals surface area contributed by atoms with Gasteiger partial charge in [0.15, 0.2) is 0 Å². The number of aryl methyl sites for hydroxylation is 3. The monoisotopic (exact) mass is 438 g/mol. The lowest BCUT2D eigenvalue weighted by molar-refractivity contribution is 0.0728. The second-order valence-electron chi connectivity index (χ2n) is 7.98. The zero-order valence-electron chi connectivity index (χ0n) is 17.9. The van der Waals surface area contributed by atoms with Crippen molar-refractivity contribution in [2.24, 2.45) is 7.05 Å². The van der Waals surface area contributed by atoms with Crippen LogP contribution in [0.25, 0.3) is 0 Å². The number of amides is 1. The average Bonchev–Trinajstić information content (AvgIpc) is 3.38. The molecule has 1 aromatic heterocycles. The number of hydrogen-bond donors (Lipinski definition) is 1. The van der Waals surface area contributed by atoms with Crippen LogP contribution in [0.2, 0.25) is 0 Å². The molecule has 0 bridgehead atoms. The van der Waals surface area contributed by atoms with Crippen LogP contribution < -0.4 is 4.72 Å². The van der Waals surface area contributed by atoms with Gasteiger partial charge in [0.1, 0.15) is 5.82 Å². The summed E-state index contributed by atoms with van der Waals surface area (Å²) in [5.74, 6) is 0.803. The fourth-order valence-corrected chi connectivity index (χ4v) is 5.06. The number of aromatic nitrogens is 2. The highest BCUT2D eigenvalue weighted by Crippen LogP contribution is 2.32. The summed E-state index contributed by atoms with van der Waals surface area (Å²) in [7, 11) is -1.77. The predicted octanol–water partition coefficient (Wildman–Crippen LogP) is 3.82. The lowest BCUT2D eigenvalue weighted by atomic mass is 10.1. The molecule has 4 rings (SSSR count). The molecule has 0 radical (unpaired) electrons. The van der Waals surface area contributed by atoms with Crippen molar-refractivity contribution in [2.75, 3.05) is 11.3 Å². The Morgan fingerprint density at radius 1 is 1.10 bits per heavy atom. The molecule has 0 saturated carbocycles. The fraction of sp³-hybridized carbons (Fsp3) is 0.304. The molecular formula is C23H26N4O3S.